The molecule has 0 spiro atoms. The maximum atomic E-state index is 15.8. The second kappa shape index (κ2) is 18.0. The van der Waals surface area contributed by atoms with Gasteiger partial charge < -0.3 is 4.90 Å². The van der Waals surface area contributed by atoms with Crippen molar-refractivity contribution in [3.8, 4) is 33.4 Å². The number of para-hydroxylation sites is 1. The number of hydrogen-bond donors (Lipinski definition) is 0. The molecule has 0 aliphatic rings. The summed E-state index contributed by atoms with van der Waals surface area (Å²) in [5, 5.41) is 0. The van der Waals surface area contributed by atoms with Gasteiger partial charge in [-0.05, 0) is 37.6 Å². The van der Waals surface area contributed by atoms with E-state index in [9.17, 15) is 52.7 Å². The minimum absolute atomic E-state index is 0.0430. The SMILES string of the molecule is CC[N+](CC)(c1ccc(-c2c(F)c(F)c(F)c(F)c2F)c(-c2c(F)c(F)c(F)c(F)c2F)c1-c1c(F)c(F)c(F)c(F)c1F)c1c(F)c(F)c(F)c(F)c1F.CN(C)c1ccccc1. The first-order chi connectivity index (χ1) is 29.9. The third-order valence-corrected chi connectivity index (χ3v) is 10.0. The molecule has 64 heavy (non-hydrogen) atoms. The topological polar surface area (TPSA) is 3.24 Å². The van der Waals surface area contributed by atoms with E-state index in [0.717, 1.165) is 13.8 Å². The van der Waals surface area contributed by atoms with Crippen LogP contribution in [0.25, 0.3) is 33.4 Å². The van der Waals surface area contributed by atoms with Gasteiger partial charge >= 0.3 is 0 Å². The van der Waals surface area contributed by atoms with Crippen molar-refractivity contribution in [1.82, 2.24) is 4.48 Å². The quantitative estimate of drug-likeness (QED) is 0.0636. The van der Waals surface area contributed by atoms with Crippen molar-refractivity contribution >= 4 is 17.1 Å². The molecule has 0 aliphatic carbocycles. The van der Waals surface area contributed by atoms with Crippen LogP contribution in [0.5, 0.6) is 0 Å². The van der Waals surface area contributed by atoms with E-state index in [-0.39, 0.29) is 12.1 Å². The highest BCUT2D eigenvalue weighted by Crippen LogP contribution is 2.54. The fraction of sp³-hybridized carbons (Fsp3) is 0.143. The van der Waals surface area contributed by atoms with E-state index in [1.807, 2.05) is 32.3 Å². The Kier molecular flexibility index (Phi) is 13.7. The van der Waals surface area contributed by atoms with Gasteiger partial charge in [-0.25, -0.2) is 79.0 Å². The lowest BCUT2D eigenvalue weighted by molar-refractivity contribution is 0.334. The zero-order valence-electron chi connectivity index (χ0n) is 32.4. The molecule has 6 aromatic carbocycles. The number of nitrogens with zero attached hydrogens (tertiary/aromatic N) is 2. The second-order valence-corrected chi connectivity index (χ2v) is 13.5. The lowest BCUT2D eigenvalue weighted by Gasteiger charge is -2.38. The molecule has 0 radical (unpaired) electrons. The standard InChI is InChI=1S/C34H12F20N.C8H11N/c1-3-55(4-2,34-32(53)30(51)29(50)31(52)33(34)54)8-6-5-7(10-14(35)20(41)26(47)21(42)15(10)36)9(12-16(37)22(43)27(48)23(44)17(12)38)11(8)13-18(39)24(45)28(49)25(46)19(13)40;1-9(2)8-6-4-3-5-7-8/h5-6H,3-4H2,1-2H3;3-7H,1-2H3/q+1;. The summed E-state index contributed by atoms with van der Waals surface area (Å²) in [6.45, 7) is -0.842. The molecule has 0 fully saturated rings. The Labute approximate surface area is 347 Å². The van der Waals surface area contributed by atoms with Crippen molar-refractivity contribution in [3.05, 3.63) is 159 Å². The van der Waals surface area contributed by atoms with Gasteiger partial charge in [0.1, 0.15) is 5.69 Å². The van der Waals surface area contributed by atoms with E-state index < -0.39 is 179 Å². The smallest absolute Gasteiger partial charge is 0.226 e. The molecular weight excluding hydrogens is 912 g/mol. The molecule has 0 aliphatic heterocycles. The van der Waals surface area contributed by atoms with Gasteiger partial charge in [-0.15, -0.1) is 0 Å². The van der Waals surface area contributed by atoms with Crippen LogP contribution in [0.4, 0.5) is 105 Å². The van der Waals surface area contributed by atoms with Crippen molar-refractivity contribution in [2.75, 3.05) is 32.1 Å². The summed E-state index contributed by atoms with van der Waals surface area (Å²) in [6.07, 6.45) is 0. The highest BCUT2D eigenvalue weighted by Gasteiger charge is 2.46. The van der Waals surface area contributed by atoms with Crippen LogP contribution < -0.4 is 9.38 Å². The molecule has 340 valence electrons. The molecule has 0 N–H and O–H groups in total. The van der Waals surface area contributed by atoms with Crippen LogP contribution in [0.1, 0.15) is 13.8 Å². The third kappa shape index (κ3) is 7.53. The van der Waals surface area contributed by atoms with Crippen LogP contribution in [0.15, 0.2) is 42.5 Å². The molecule has 22 heteroatoms. The molecule has 6 aromatic rings. The Morgan fingerprint density at radius 3 is 0.938 bits per heavy atom. The van der Waals surface area contributed by atoms with Gasteiger partial charge in [0.2, 0.25) is 52.2 Å². The summed E-state index contributed by atoms with van der Waals surface area (Å²) in [5.74, 6) is -59.3. The van der Waals surface area contributed by atoms with E-state index in [2.05, 4.69) is 17.0 Å². The molecule has 2 nitrogen and oxygen atoms in total. The van der Waals surface area contributed by atoms with Crippen molar-refractivity contribution in [3.63, 3.8) is 0 Å². The fourth-order valence-corrected chi connectivity index (χ4v) is 6.86. The number of benzene rings is 6. The molecule has 0 heterocycles. The van der Waals surface area contributed by atoms with E-state index in [1.54, 1.807) is 0 Å². The number of halogens is 20. The first-order valence-corrected chi connectivity index (χ1v) is 17.7. The summed E-state index contributed by atoms with van der Waals surface area (Å²) < 4.78 is 297. The van der Waals surface area contributed by atoms with Crippen LogP contribution in [-0.2, 0) is 0 Å². The van der Waals surface area contributed by atoms with Crippen LogP contribution in [-0.4, -0.2) is 27.2 Å². The maximum absolute atomic E-state index is 15.8. The van der Waals surface area contributed by atoms with Gasteiger partial charge in [-0.2, -0.15) is 8.78 Å². The van der Waals surface area contributed by atoms with E-state index >= 15 is 35.1 Å². The molecule has 0 atom stereocenters. The van der Waals surface area contributed by atoms with Crippen molar-refractivity contribution < 1.29 is 87.8 Å². The fourth-order valence-electron chi connectivity index (χ4n) is 6.86. The first kappa shape index (κ1) is 48.7. The summed E-state index contributed by atoms with van der Waals surface area (Å²) in [7, 11) is 4.07. The Hall–Kier alpha value is -6.32. The van der Waals surface area contributed by atoms with Gasteiger partial charge in [-0.1, -0.05) is 18.2 Å². The average Bonchev–Trinajstić information content (AvgIpc) is 3.29. The summed E-state index contributed by atoms with van der Waals surface area (Å²) in [4.78, 5) is 2.08. The maximum Gasteiger partial charge on any atom is 0.226 e. The van der Waals surface area contributed by atoms with E-state index in [0.29, 0.717) is 0 Å². The van der Waals surface area contributed by atoms with Crippen molar-refractivity contribution in [1.29, 1.82) is 0 Å². The van der Waals surface area contributed by atoms with Crippen LogP contribution in [0, 0.1) is 116 Å². The number of rotatable bonds is 8. The van der Waals surface area contributed by atoms with Crippen LogP contribution in [0.2, 0.25) is 0 Å². The number of hydrogen-bond acceptors (Lipinski definition) is 1. The third-order valence-electron chi connectivity index (χ3n) is 10.0. The molecule has 6 rings (SSSR count). The van der Waals surface area contributed by atoms with E-state index in [1.165, 1.54) is 5.69 Å². The monoisotopic (exact) mass is 935 g/mol. The molecule has 0 amide bonds. The van der Waals surface area contributed by atoms with Gasteiger partial charge in [0.05, 0.1) is 35.3 Å². The van der Waals surface area contributed by atoms with Gasteiger partial charge in [-0.3, -0.25) is 4.48 Å². The molecule has 0 bridgehead atoms. The van der Waals surface area contributed by atoms with Crippen molar-refractivity contribution in [2.45, 2.75) is 13.8 Å². The lowest BCUT2D eigenvalue weighted by atomic mass is 9.83. The molecule has 0 saturated carbocycles. The predicted octanol–water partition coefficient (Wildman–Crippen LogP) is 13.9. The number of quaternary nitrogens is 1. The summed E-state index contributed by atoms with van der Waals surface area (Å²) in [5.41, 5.74) is -16.8. The Bertz CT molecular complexity index is 2720. The summed E-state index contributed by atoms with van der Waals surface area (Å²) in [6, 6.07) is 10.2. The normalized spacial score (nSPS) is 11.6. The van der Waals surface area contributed by atoms with Crippen LogP contribution in [0.3, 0.4) is 0 Å². The Morgan fingerprint density at radius 1 is 0.328 bits per heavy atom. The molecule has 0 unspecified atom stereocenters. The lowest BCUT2D eigenvalue weighted by Crippen LogP contribution is -2.46. The first-order valence-electron chi connectivity index (χ1n) is 17.7. The zero-order valence-corrected chi connectivity index (χ0v) is 32.4. The molecule has 0 saturated heterocycles. The molecule has 0 aromatic heterocycles. The van der Waals surface area contributed by atoms with Crippen LogP contribution >= 0.6 is 0 Å². The largest absolute Gasteiger partial charge is 0.378 e. The number of anilines is 1. The zero-order chi connectivity index (χ0) is 48.2. The summed E-state index contributed by atoms with van der Waals surface area (Å²) >= 11 is 0. The predicted molar refractivity (Wildman–Crippen MR) is 192 cm³/mol. The Morgan fingerprint density at radius 2 is 0.625 bits per heavy atom. The highest BCUT2D eigenvalue weighted by molar-refractivity contribution is 6.01. The van der Waals surface area contributed by atoms with Gasteiger partial charge in [0, 0.05) is 31.4 Å². The highest BCUT2D eigenvalue weighted by atomic mass is 19.2. The van der Waals surface area contributed by atoms with Crippen molar-refractivity contribution in [2.24, 2.45) is 0 Å². The van der Waals surface area contributed by atoms with Gasteiger partial charge in [0.25, 0.3) is 0 Å². The van der Waals surface area contributed by atoms with Gasteiger partial charge in [0.15, 0.2) is 69.8 Å². The minimum atomic E-state index is -3.10. The Balaban J connectivity index is 0.000000762. The molecular formula is C42H23F20N2+. The second-order valence-electron chi connectivity index (χ2n) is 13.5. The van der Waals surface area contributed by atoms with E-state index in [4.69, 9.17) is 0 Å². The average molecular weight is 936 g/mol. The minimum Gasteiger partial charge on any atom is -0.378 e.